The molecule has 0 saturated heterocycles. The van der Waals surface area contributed by atoms with Crippen LogP contribution in [0.4, 0.5) is 0 Å². The van der Waals surface area contributed by atoms with Gasteiger partial charge in [-0.1, -0.05) is 215 Å². The van der Waals surface area contributed by atoms with Gasteiger partial charge >= 0.3 is 17.9 Å². The smallest absolute Gasteiger partial charge is 0.306 e. The predicted octanol–water partition coefficient (Wildman–Crippen LogP) is 14.8. The maximum absolute atomic E-state index is 12.7. The third-order valence-corrected chi connectivity index (χ3v) is 11.4. The first kappa shape index (κ1) is 52.4. The highest BCUT2D eigenvalue weighted by Gasteiger charge is 2.19. The summed E-state index contributed by atoms with van der Waals surface area (Å²) in [6.07, 6.45) is 36.5. The molecule has 0 heterocycles. The maximum atomic E-state index is 12.7. The molecule has 0 aliphatic heterocycles. The molecule has 0 amide bonds. The van der Waals surface area contributed by atoms with E-state index in [9.17, 15) is 14.4 Å². The van der Waals surface area contributed by atoms with Gasteiger partial charge in [0.2, 0.25) is 0 Å². The summed E-state index contributed by atoms with van der Waals surface area (Å²) in [6, 6.07) is 0. The Labute approximate surface area is 336 Å². The standard InChI is InChI=1S/C48H92O6/c1-7-43(5)35-29-23-17-11-9-10-12-19-25-31-37-46(49)52-40-45(54-48(51)39-33-27-21-15-16-22-28-34-42(3)4)41-53-47(50)38-32-26-20-14-13-18-24-30-36-44(6)8-2/h42-45H,7-41H2,1-6H3/t43?,44?,45-/m0/s1. The molecule has 0 spiro atoms. The SMILES string of the molecule is CCC(C)CCCCCCCCCCCCC(=O)OC[C@@H](COC(=O)CCCCCCCCCCC(C)CC)OC(=O)CCCCCCCCCC(C)C. The van der Waals surface area contributed by atoms with E-state index in [1.54, 1.807) is 0 Å². The Morgan fingerprint density at radius 1 is 0.370 bits per heavy atom. The minimum atomic E-state index is -0.762. The van der Waals surface area contributed by atoms with E-state index in [2.05, 4.69) is 41.5 Å². The average molecular weight is 765 g/mol. The summed E-state index contributed by atoms with van der Waals surface area (Å²) in [7, 11) is 0. The number of carbonyl (C=O) groups excluding carboxylic acids is 3. The van der Waals surface area contributed by atoms with Gasteiger partial charge in [-0.05, 0) is 37.0 Å². The van der Waals surface area contributed by atoms with Crippen LogP contribution in [-0.4, -0.2) is 37.2 Å². The maximum Gasteiger partial charge on any atom is 0.306 e. The van der Waals surface area contributed by atoms with Gasteiger partial charge in [-0.15, -0.1) is 0 Å². The van der Waals surface area contributed by atoms with E-state index in [-0.39, 0.29) is 31.1 Å². The van der Waals surface area contributed by atoms with Crippen molar-refractivity contribution in [2.75, 3.05) is 13.2 Å². The lowest BCUT2D eigenvalue weighted by Crippen LogP contribution is -2.30. The number of unbranched alkanes of at least 4 members (excludes halogenated alkanes) is 22. The molecule has 6 heteroatoms. The molecule has 0 aromatic carbocycles. The summed E-state index contributed by atoms with van der Waals surface area (Å²) in [4.78, 5) is 37.8. The van der Waals surface area contributed by atoms with Crippen LogP contribution in [0.25, 0.3) is 0 Å². The topological polar surface area (TPSA) is 78.9 Å². The fourth-order valence-electron chi connectivity index (χ4n) is 6.99. The van der Waals surface area contributed by atoms with Gasteiger partial charge in [-0.25, -0.2) is 0 Å². The molecule has 0 fully saturated rings. The summed E-state index contributed by atoms with van der Waals surface area (Å²) in [5.41, 5.74) is 0. The van der Waals surface area contributed by atoms with Gasteiger partial charge in [0.05, 0.1) is 0 Å². The molecule has 0 aliphatic rings. The second-order valence-corrected chi connectivity index (χ2v) is 17.4. The molecule has 54 heavy (non-hydrogen) atoms. The van der Waals surface area contributed by atoms with Crippen molar-refractivity contribution in [1.29, 1.82) is 0 Å². The second-order valence-electron chi connectivity index (χ2n) is 17.4. The largest absolute Gasteiger partial charge is 0.462 e. The quantitative estimate of drug-likeness (QED) is 0.0350. The third-order valence-electron chi connectivity index (χ3n) is 11.4. The predicted molar refractivity (Wildman–Crippen MR) is 229 cm³/mol. The van der Waals surface area contributed by atoms with Crippen LogP contribution in [0, 0.1) is 17.8 Å². The summed E-state index contributed by atoms with van der Waals surface area (Å²) in [6.45, 7) is 13.7. The van der Waals surface area contributed by atoms with E-state index in [0.717, 1.165) is 75.5 Å². The van der Waals surface area contributed by atoms with Gasteiger partial charge < -0.3 is 14.2 Å². The van der Waals surface area contributed by atoms with Crippen molar-refractivity contribution in [3.63, 3.8) is 0 Å². The first-order chi connectivity index (χ1) is 26.2. The van der Waals surface area contributed by atoms with E-state index in [4.69, 9.17) is 14.2 Å². The normalized spacial score (nSPS) is 13.2. The van der Waals surface area contributed by atoms with Crippen molar-refractivity contribution < 1.29 is 28.6 Å². The lowest BCUT2D eigenvalue weighted by Gasteiger charge is -2.18. The summed E-state index contributed by atoms with van der Waals surface area (Å²) < 4.78 is 16.7. The highest BCUT2D eigenvalue weighted by Crippen LogP contribution is 2.18. The molecular weight excluding hydrogens is 673 g/mol. The molecule has 0 bridgehead atoms. The Balaban J connectivity index is 4.34. The molecule has 0 aromatic heterocycles. The number of ether oxygens (including phenoxy) is 3. The first-order valence-electron chi connectivity index (χ1n) is 23.7. The number of hydrogen-bond acceptors (Lipinski definition) is 6. The van der Waals surface area contributed by atoms with Crippen LogP contribution >= 0.6 is 0 Å². The highest BCUT2D eigenvalue weighted by molar-refractivity contribution is 5.71. The number of carbonyl (C=O) groups is 3. The van der Waals surface area contributed by atoms with Crippen LogP contribution in [0.3, 0.4) is 0 Å². The van der Waals surface area contributed by atoms with Crippen molar-refractivity contribution in [3.8, 4) is 0 Å². The van der Waals surface area contributed by atoms with E-state index in [0.29, 0.717) is 19.3 Å². The van der Waals surface area contributed by atoms with Gasteiger partial charge in [0.1, 0.15) is 13.2 Å². The summed E-state index contributed by atoms with van der Waals surface area (Å²) in [5, 5.41) is 0. The molecule has 2 unspecified atom stereocenters. The average Bonchev–Trinajstić information content (AvgIpc) is 3.15. The Morgan fingerprint density at radius 2 is 0.648 bits per heavy atom. The first-order valence-corrected chi connectivity index (χ1v) is 23.7. The van der Waals surface area contributed by atoms with Crippen LogP contribution in [0.15, 0.2) is 0 Å². The second kappa shape index (κ2) is 39.6. The number of rotatable bonds is 41. The van der Waals surface area contributed by atoms with Crippen LogP contribution in [-0.2, 0) is 28.6 Å². The summed E-state index contributed by atoms with van der Waals surface area (Å²) in [5.74, 6) is 1.63. The van der Waals surface area contributed by atoms with Crippen LogP contribution < -0.4 is 0 Å². The third kappa shape index (κ3) is 38.7. The number of esters is 3. The van der Waals surface area contributed by atoms with E-state index in [1.165, 1.54) is 135 Å². The molecule has 0 radical (unpaired) electrons. The molecule has 0 aliphatic carbocycles. The van der Waals surface area contributed by atoms with E-state index in [1.807, 2.05) is 0 Å². The molecule has 0 rings (SSSR count). The van der Waals surface area contributed by atoms with Crippen molar-refractivity contribution in [2.24, 2.45) is 17.8 Å². The molecule has 0 saturated carbocycles. The fourth-order valence-corrected chi connectivity index (χ4v) is 6.99. The minimum Gasteiger partial charge on any atom is -0.462 e. The number of hydrogen-bond donors (Lipinski definition) is 0. The van der Waals surface area contributed by atoms with Crippen LogP contribution in [0.2, 0.25) is 0 Å². The molecule has 320 valence electrons. The molecule has 3 atom stereocenters. The Bertz CT molecular complexity index is 841. The lowest BCUT2D eigenvalue weighted by atomic mass is 9.99. The van der Waals surface area contributed by atoms with Gasteiger partial charge in [-0.2, -0.15) is 0 Å². The van der Waals surface area contributed by atoms with Crippen molar-refractivity contribution in [2.45, 2.75) is 260 Å². The lowest BCUT2D eigenvalue weighted by molar-refractivity contribution is -0.167. The van der Waals surface area contributed by atoms with E-state index >= 15 is 0 Å². The van der Waals surface area contributed by atoms with Crippen LogP contribution in [0.5, 0.6) is 0 Å². The van der Waals surface area contributed by atoms with Gasteiger partial charge in [0.15, 0.2) is 6.10 Å². The molecule has 0 aromatic rings. The summed E-state index contributed by atoms with van der Waals surface area (Å²) >= 11 is 0. The van der Waals surface area contributed by atoms with Crippen molar-refractivity contribution in [1.82, 2.24) is 0 Å². The van der Waals surface area contributed by atoms with Crippen molar-refractivity contribution >= 4 is 17.9 Å². The Hall–Kier alpha value is -1.59. The molecule has 0 N–H and O–H groups in total. The van der Waals surface area contributed by atoms with Gasteiger partial charge in [0, 0.05) is 19.3 Å². The zero-order chi connectivity index (χ0) is 39.9. The van der Waals surface area contributed by atoms with Gasteiger partial charge in [0.25, 0.3) is 0 Å². The van der Waals surface area contributed by atoms with Crippen LogP contribution in [0.1, 0.15) is 253 Å². The molecular formula is C48H92O6. The Kier molecular flexibility index (Phi) is 38.5. The Morgan fingerprint density at radius 3 is 0.963 bits per heavy atom. The van der Waals surface area contributed by atoms with Crippen molar-refractivity contribution in [3.05, 3.63) is 0 Å². The molecule has 6 nitrogen and oxygen atoms in total. The van der Waals surface area contributed by atoms with Gasteiger partial charge in [-0.3, -0.25) is 14.4 Å². The zero-order valence-corrected chi connectivity index (χ0v) is 37.0. The highest BCUT2D eigenvalue weighted by atomic mass is 16.6. The fraction of sp³-hybridized carbons (Fsp3) is 0.938. The minimum absolute atomic E-state index is 0.0665. The van der Waals surface area contributed by atoms with E-state index < -0.39 is 6.10 Å². The zero-order valence-electron chi connectivity index (χ0n) is 37.0. The monoisotopic (exact) mass is 765 g/mol.